The number of fused-ring (bicyclic) bond motifs is 1. The normalized spacial score (nSPS) is 29.9. The van der Waals surface area contributed by atoms with Crippen molar-refractivity contribution < 1.29 is 9.53 Å². The van der Waals surface area contributed by atoms with Gasteiger partial charge in [-0.2, -0.15) is 0 Å². The number of ether oxygens (including phenoxy) is 1. The molecule has 1 amide bonds. The van der Waals surface area contributed by atoms with Crippen molar-refractivity contribution in [2.45, 2.75) is 38.1 Å². The minimum atomic E-state index is 0.223. The van der Waals surface area contributed by atoms with Gasteiger partial charge in [-0.25, -0.2) is 0 Å². The molecule has 1 aromatic carbocycles. The average Bonchev–Trinajstić information content (AvgIpc) is 3.48. The van der Waals surface area contributed by atoms with E-state index < -0.39 is 0 Å². The van der Waals surface area contributed by atoms with Gasteiger partial charge in [0.25, 0.3) is 5.91 Å². The van der Waals surface area contributed by atoms with Gasteiger partial charge in [-0.1, -0.05) is 12.1 Å². The molecule has 29 heavy (non-hydrogen) atoms. The van der Waals surface area contributed by atoms with Crippen molar-refractivity contribution in [2.24, 2.45) is 17.8 Å². The molecule has 2 saturated carbocycles. The number of nitrogens with zero attached hydrogens (tertiary/aromatic N) is 3. The van der Waals surface area contributed by atoms with Crippen LogP contribution in [0.3, 0.4) is 0 Å². The summed E-state index contributed by atoms with van der Waals surface area (Å²) in [6.07, 6.45) is 6.62. The summed E-state index contributed by atoms with van der Waals surface area (Å²) >= 11 is 0. The molecule has 4 aliphatic rings. The summed E-state index contributed by atoms with van der Waals surface area (Å²) in [7, 11) is 2.32. The zero-order valence-corrected chi connectivity index (χ0v) is 17.8. The van der Waals surface area contributed by atoms with Crippen molar-refractivity contribution in [3.05, 3.63) is 29.8 Å². The minimum absolute atomic E-state index is 0.223. The highest BCUT2D eigenvalue weighted by Gasteiger charge is 2.41. The van der Waals surface area contributed by atoms with Gasteiger partial charge in [0.05, 0.1) is 18.8 Å². The Hall–Kier alpha value is -1.59. The zero-order valence-electron chi connectivity index (χ0n) is 17.8. The Morgan fingerprint density at radius 3 is 2.62 bits per heavy atom. The first-order valence-corrected chi connectivity index (χ1v) is 11.6. The fourth-order valence-corrected chi connectivity index (χ4v) is 5.76. The highest BCUT2D eigenvalue weighted by Crippen LogP contribution is 2.41. The van der Waals surface area contributed by atoms with Crippen LogP contribution in [0.25, 0.3) is 0 Å². The third kappa shape index (κ3) is 4.17. The van der Waals surface area contributed by atoms with Gasteiger partial charge in [0.2, 0.25) is 0 Å². The molecule has 5 rings (SSSR count). The van der Waals surface area contributed by atoms with Crippen molar-refractivity contribution in [2.75, 3.05) is 57.9 Å². The van der Waals surface area contributed by atoms with Crippen molar-refractivity contribution in [3.8, 4) is 0 Å². The highest BCUT2D eigenvalue weighted by molar-refractivity contribution is 6.00. The monoisotopic (exact) mass is 397 g/mol. The third-order valence-electron chi connectivity index (χ3n) is 7.68. The van der Waals surface area contributed by atoms with E-state index in [1.165, 1.54) is 38.6 Å². The summed E-state index contributed by atoms with van der Waals surface area (Å²) in [5.41, 5.74) is 1.95. The zero-order chi connectivity index (χ0) is 19.8. The molecule has 0 bridgehead atoms. The largest absolute Gasteiger partial charge is 0.378 e. The second-order valence-electron chi connectivity index (χ2n) is 9.68. The standard InChI is InChI=1S/C24H35N3O2/c1-25(16-18-6-7-18)21-14-19-8-9-27(17-20(19)15-21)24(28)22-4-2-3-5-23(22)26-10-12-29-13-11-26/h2-5,18-21H,6-17H2,1H3/t19-,20-,21+/m1/s1. The van der Waals surface area contributed by atoms with Crippen molar-refractivity contribution in [1.82, 2.24) is 9.80 Å². The van der Waals surface area contributed by atoms with Gasteiger partial charge in [0, 0.05) is 44.5 Å². The number of rotatable bonds is 5. The summed E-state index contributed by atoms with van der Waals surface area (Å²) in [4.78, 5) is 20.5. The summed E-state index contributed by atoms with van der Waals surface area (Å²) in [5, 5.41) is 0. The smallest absolute Gasteiger partial charge is 0.255 e. The summed E-state index contributed by atoms with van der Waals surface area (Å²) in [6.45, 7) is 6.34. The fraction of sp³-hybridized carbons (Fsp3) is 0.708. The molecule has 4 fully saturated rings. The number of hydrogen-bond acceptors (Lipinski definition) is 4. The molecule has 0 N–H and O–H groups in total. The molecule has 1 aromatic rings. The van der Waals surface area contributed by atoms with E-state index in [1.54, 1.807) is 0 Å². The summed E-state index contributed by atoms with van der Waals surface area (Å²) < 4.78 is 5.50. The van der Waals surface area contributed by atoms with Crippen LogP contribution < -0.4 is 4.90 Å². The Morgan fingerprint density at radius 1 is 1.07 bits per heavy atom. The molecule has 158 valence electrons. The molecule has 5 heteroatoms. The quantitative estimate of drug-likeness (QED) is 0.765. The van der Waals surface area contributed by atoms with Crippen LogP contribution in [0.4, 0.5) is 5.69 Å². The Morgan fingerprint density at radius 2 is 1.83 bits per heavy atom. The number of piperidine rings is 1. The minimum Gasteiger partial charge on any atom is -0.378 e. The van der Waals surface area contributed by atoms with Crippen LogP contribution in [-0.2, 0) is 4.74 Å². The molecule has 0 aromatic heterocycles. The highest BCUT2D eigenvalue weighted by atomic mass is 16.5. The molecule has 5 nitrogen and oxygen atoms in total. The Labute approximate surface area is 175 Å². The molecule has 2 heterocycles. The van der Waals surface area contributed by atoms with Crippen LogP contribution in [0.15, 0.2) is 24.3 Å². The Balaban J connectivity index is 1.25. The maximum atomic E-state index is 13.5. The number of amides is 1. The lowest BCUT2D eigenvalue weighted by Crippen LogP contribution is -2.43. The second kappa shape index (κ2) is 8.27. The average molecular weight is 398 g/mol. The molecule has 2 aliphatic heterocycles. The first kappa shape index (κ1) is 19.4. The predicted octanol–water partition coefficient (Wildman–Crippen LogP) is 3.11. The van der Waals surface area contributed by atoms with Crippen molar-refractivity contribution in [3.63, 3.8) is 0 Å². The number of anilines is 1. The van der Waals surface area contributed by atoms with E-state index in [9.17, 15) is 4.79 Å². The lowest BCUT2D eigenvalue weighted by Gasteiger charge is -2.36. The Bertz CT molecular complexity index is 729. The number of carbonyl (C=O) groups excluding carboxylic acids is 1. The SMILES string of the molecule is CN(CC1CC1)[C@H]1C[C@H]2CCN(C(=O)c3ccccc3N3CCOCC3)C[C@H]2C1. The number of hydrogen-bond donors (Lipinski definition) is 0. The molecular formula is C24H35N3O2. The number of morpholine rings is 1. The molecule has 0 spiro atoms. The van der Waals surface area contributed by atoms with E-state index in [2.05, 4.69) is 27.8 Å². The fourth-order valence-electron chi connectivity index (χ4n) is 5.76. The lowest BCUT2D eigenvalue weighted by atomic mass is 9.88. The van der Waals surface area contributed by atoms with Crippen LogP contribution in [0, 0.1) is 17.8 Å². The topological polar surface area (TPSA) is 36.0 Å². The number of carbonyl (C=O) groups is 1. The van der Waals surface area contributed by atoms with Gasteiger partial charge in [-0.3, -0.25) is 4.79 Å². The van der Waals surface area contributed by atoms with E-state index in [0.29, 0.717) is 5.92 Å². The maximum absolute atomic E-state index is 13.5. The molecule has 2 saturated heterocycles. The van der Waals surface area contributed by atoms with E-state index in [4.69, 9.17) is 4.74 Å². The summed E-state index contributed by atoms with van der Waals surface area (Å²) in [5.74, 6) is 2.66. The first-order valence-electron chi connectivity index (χ1n) is 11.6. The Kier molecular flexibility index (Phi) is 5.53. The van der Waals surface area contributed by atoms with Crippen molar-refractivity contribution >= 4 is 11.6 Å². The van der Waals surface area contributed by atoms with E-state index in [0.717, 1.165) is 68.5 Å². The van der Waals surface area contributed by atoms with Gasteiger partial charge in [0.1, 0.15) is 0 Å². The first-order chi connectivity index (χ1) is 14.2. The third-order valence-corrected chi connectivity index (χ3v) is 7.68. The van der Waals surface area contributed by atoms with Crippen LogP contribution in [-0.4, -0.2) is 74.7 Å². The van der Waals surface area contributed by atoms with Crippen molar-refractivity contribution in [1.29, 1.82) is 0 Å². The maximum Gasteiger partial charge on any atom is 0.255 e. The molecule has 3 atom stereocenters. The van der Waals surface area contributed by atoms with Gasteiger partial charge in [0.15, 0.2) is 0 Å². The predicted molar refractivity (Wildman–Crippen MR) is 115 cm³/mol. The molecule has 2 aliphatic carbocycles. The van der Waals surface area contributed by atoms with Gasteiger partial charge in [-0.05, 0) is 69.0 Å². The lowest BCUT2D eigenvalue weighted by molar-refractivity contribution is 0.0626. The second-order valence-corrected chi connectivity index (χ2v) is 9.68. The van der Waals surface area contributed by atoms with Gasteiger partial charge < -0.3 is 19.4 Å². The van der Waals surface area contributed by atoms with Gasteiger partial charge >= 0.3 is 0 Å². The van der Waals surface area contributed by atoms with Gasteiger partial charge in [-0.15, -0.1) is 0 Å². The van der Waals surface area contributed by atoms with E-state index >= 15 is 0 Å². The summed E-state index contributed by atoms with van der Waals surface area (Å²) in [6, 6.07) is 8.89. The van der Waals surface area contributed by atoms with Crippen LogP contribution >= 0.6 is 0 Å². The molecule has 0 unspecified atom stereocenters. The van der Waals surface area contributed by atoms with E-state index in [-0.39, 0.29) is 5.91 Å². The number of para-hydroxylation sites is 1. The van der Waals surface area contributed by atoms with Crippen LogP contribution in [0.1, 0.15) is 42.5 Å². The molecule has 0 radical (unpaired) electrons. The van der Waals surface area contributed by atoms with Crippen LogP contribution in [0.5, 0.6) is 0 Å². The van der Waals surface area contributed by atoms with Crippen LogP contribution in [0.2, 0.25) is 0 Å². The molecular weight excluding hydrogens is 362 g/mol. The number of benzene rings is 1. The van der Waals surface area contributed by atoms with E-state index in [1.807, 2.05) is 18.2 Å². The number of likely N-dealkylation sites (tertiary alicyclic amines) is 1.